The van der Waals surface area contributed by atoms with Gasteiger partial charge in [0.25, 0.3) is 0 Å². The molecule has 3 nitrogen and oxygen atoms in total. The number of nitrogens with zero attached hydrogens (tertiary/aromatic N) is 2. The van der Waals surface area contributed by atoms with Crippen LogP contribution in [0.25, 0.3) is 21.8 Å². The molecule has 3 aromatic rings. The Kier molecular flexibility index (Phi) is 1.36. The second-order valence-corrected chi connectivity index (χ2v) is 3.39. The first-order chi connectivity index (χ1) is 6.86. The Labute approximate surface area is 80.8 Å². The normalized spacial score (nSPS) is 11.2. The number of para-hydroxylation sites is 1. The lowest BCUT2D eigenvalue weighted by Crippen LogP contribution is -1.85. The Bertz CT molecular complexity index is 610. The maximum atomic E-state index is 4.02. The highest BCUT2D eigenvalue weighted by molar-refractivity contribution is 6.07. The summed E-state index contributed by atoms with van der Waals surface area (Å²) in [4.78, 5) is 3.34. The van der Waals surface area contributed by atoms with E-state index in [1.807, 2.05) is 19.1 Å². The third kappa shape index (κ3) is 0.865. The summed E-state index contributed by atoms with van der Waals surface area (Å²) in [5.41, 5.74) is 3.17. The minimum Gasteiger partial charge on any atom is -0.353 e. The first-order valence-electron chi connectivity index (χ1n) is 4.55. The number of aryl methyl sites for hydroxylation is 1. The zero-order valence-corrected chi connectivity index (χ0v) is 7.78. The van der Waals surface area contributed by atoms with E-state index in [2.05, 4.69) is 27.3 Å². The fourth-order valence-corrected chi connectivity index (χ4v) is 1.81. The molecule has 3 heteroatoms. The van der Waals surface area contributed by atoms with Crippen molar-refractivity contribution in [3.8, 4) is 0 Å². The van der Waals surface area contributed by atoms with Gasteiger partial charge in [-0.1, -0.05) is 18.2 Å². The molecule has 0 unspecified atom stereocenters. The van der Waals surface area contributed by atoms with Crippen molar-refractivity contribution < 1.29 is 0 Å². The van der Waals surface area contributed by atoms with Gasteiger partial charge < -0.3 is 4.98 Å². The van der Waals surface area contributed by atoms with Gasteiger partial charge in [0.05, 0.1) is 17.4 Å². The molecule has 0 aliphatic heterocycles. The molecular formula is C11H9N3. The SMILES string of the molecule is Cc1nncc2c1[nH]c1ccccc12. The quantitative estimate of drug-likeness (QED) is 0.581. The third-order valence-corrected chi connectivity index (χ3v) is 2.50. The molecule has 0 aliphatic carbocycles. The van der Waals surface area contributed by atoms with Crippen molar-refractivity contribution in [3.05, 3.63) is 36.2 Å². The summed E-state index contributed by atoms with van der Waals surface area (Å²) in [7, 11) is 0. The molecule has 1 N–H and O–H groups in total. The Morgan fingerprint density at radius 2 is 2.00 bits per heavy atom. The van der Waals surface area contributed by atoms with Crippen molar-refractivity contribution in [2.45, 2.75) is 6.92 Å². The lowest BCUT2D eigenvalue weighted by molar-refractivity contribution is 0.999. The van der Waals surface area contributed by atoms with Crippen LogP contribution >= 0.6 is 0 Å². The van der Waals surface area contributed by atoms with Crippen LogP contribution in [0, 0.1) is 6.92 Å². The minimum atomic E-state index is 0.943. The zero-order chi connectivity index (χ0) is 9.54. The number of benzene rings is 1. The van der Waals surface area contributed by atoms with Gasteiger partial charge >= 0.3 is 0 Å². The predicted molar refractivity (Wildman–Crippen MR) is 56.1 cm³/mol. The van der Waals surface area contributed by atoms with E-state index in [9.17, 15) is 0 Å². The highest BCUT2D eigenvalue weighted by Gasteiger charge is 2.05. The molecule has 0 amide bonds. The molecule has 3 rings (SSSR count). The first kappa shape index (κ1) is 7.50. The van der Waals surface area contributed by atoms with Crippen molar-refractivity contribution in [2.24, 2.45) is 0 Å². The molecule has 0 bridgehead atoms. The van der Waals surface area contributed by atoms with Crippen LogP contribution in [0.5, 0.6) is 0 Å². The summed E-state index contributed by atoms with van der Waals surface area (Å²) in [6, 6.07) is 8.21. The monoisotopic (exact) mass is 183 g/mol. The summed E-state index contributed by atoms with van der Waals surface area (Å²) in [6.45, 7) is 1.96. The van der Waals surface area contributed by atoms with E-state index in [0.717, 1.165) is 22.1 Å². The number of rotatable bonds is 0. The predicted octanol–water partition coefficient (Wildman–Crippen LogP) is 2.42. The second kappa shape index (κ2) is 2.54. The second-order valence-electron chi connectivity index (χ2n) is 3.39. The number of aromatic nitrogens is 3. The number of nitrogens with one attached hydrogen (secondary N) is 1. The van der Waals surface area contributed by atoms with Crippen LogP contribution in [0.15, 0.2) is 30.5 Å². The lowest BCUT2D eigenvalue weighted by Gasteiger charge is -1.91. The van der Waals surface area contributed by atoms with Gasteiger partial charge in [-0.15, -0.1) is 0 Å². The number of H-pyrrole nitrogens is 1. The van der Waals surface area contributed by atoms with Crippen molar-refractivity contribution in [1.29, 1.82) is 0 Å². The fraction of sp³-hybridized carbons (Fsp3) is 0.0909. The van der Waals surface area contributed by atoms with Gasteiger partial charge in [0.15, 0.2) is 0 Å². The van der Waals surface area contributed by atoms with Crippen LogP contribution < -0.4 is 0 Å². The van der Waals surface area contributed by atoms with Crippen molar-refractivity contribution in [1.82, 2.24) is 15.2 Å². The minimum absolute atomic E-state index is 0.943. The maximum absolute atomic E-state index is 4.02. The smallest absolute Gasteiger partial charge is 0.0840 e. The van der Waals surface area contributed by atoms with Gasteiger partial charge in [0.2, 0.25) is 0 Å². The molecule has 0 aliphatic rings. The summed E-state index contributed by atoms with van der Waals surface area (Å²) >= 11 is 0. The molecule has 0 saturated heterocycles. The Morgan fingerprint density at radius 1 is 1.14 bits per heavy atom. The molecule has 0 fully saturated rings. The fourth-order valence-electron chi connectivity index (χ4n) is 1.81. The number of hydrogen-bond donors (Lipinski definition) is 1. The van der Waals surface area contributed by atoms with E-state index in [1.165, 1.54) is 5.39 Å². The molecular weight excluding hydrogens is 174 g/mol. The maximum Gasteiger partial charge on any atom is 0.0840 e. The van der Waals surface area contributed by atoms with Crippen LogP contribution in [0.2, 0.25) is 0 Å². The van der Waals surface area contributed by atoms with Gasteiger partial charge in [-0.2, -0.15) is 10.2 Å². The number of fused-ring (bicyclic) bond motifs is 3. The van der Waals surface area contributed by atoms with Gasteiger partial charge in [0.1, 0.15) is 0 Å². The van der Waals surface area contributed by atoms with Crippen LogP contribution in [0.4, 0.5) is 0 Å². The van der Waals surface area contributed by atoms with Crippen LogP contribution in [0.1, 0.15) is 5.69 Å². The molecule has 2 heterocycles. The van der Waals surface area contributed by atoms with Gasteiger partial charge in [-0.3, -0.25) is 0 Å². The van der Waals surface area contributed by atoms with E-state index in [1.54, 1.807) is 6.20 Å². The van der Waals surface area contributed by atoms with E-state index < -0.39 is 0 Å². The summed E-state index contributed by atoms with van der Waals surface area (Å²) in [5.74, 6) is 0. The number of hydrogen-bond acceptors (Lipinski definition) is 2. The molecule has 14 heavy (non-hydrogen) atoms. The van der Waals surface area contributed by atoms with E-state index >= 15 is 0 Å². The number of aromatic amines is 1. The summed E-state index contributed by atoms with van der Waals surface area (Å²) in [6.07, 6.45) is 1.81. The van der Waals surface area contributed by atoms with Gasteiger partial charge in [-0.25, -0.2) is 0 Å². The Hall–Kier alpha value is -1.90. The largest absolute Gasteiger partial charge is 0.353 e. The van der Waals surface area contributed by atoms with Crippen molar-refractivity contribution in [3.63, 3.8) is 0 Å². The average molecular weight is 183 g/mol. The molecule has 1 aromatic carbocycles. The van der Waals surface area contributed by atoms with Gasteiger partial charge in [0, 0.05) is 16.3 Å². The molecule has 68 valence electrons. The van der Waals surface area contributed by atoms with Crippen LogP contribution in [-0.4, -0.2) is 15.2 Å². The molecule has 0 radical (unpaired) electrons. The third-order valence-electron chi connectivity index (χ3n) is 2.50. The summed E-state index contributed by atoms with van der Waals surface area (Å²) in [5, 5.41) is 10.3. The molecule has 0 saturated carbocycles. The van der Waals surface area contributed by atoms with E-state index in [0.29, 0.717) is 0 Å². The highest BCUT2D eigenvalue weighted by Crippen LogP contribution is 2.24. The summed E-state index contributed by atoms with van der Waals surface area (Å²) < 4.78 is 0. The molecule has 0 spiro atoms. The van der Waals surface area contributed by atoms with Gasteiger partial charge in [-0.05, 0) is 13.0 Å². The van der Waals surface area contributed by atoms with Crippen molar-refractivity contribution >= 4 is 21.8 Å². The highest BCUT2D eigenvalue weighted by atomic mass is 15.1. The Balaban J connectivity index is 2.63. The van der Waals surface area contributed by atoms with E-state index in [4.69, 9.17) is 0 Å². The molecule has 0 atom stereocenters. The lowest BCUT2D eigenvalue weighted by atomic mass is 10.2. The van der Waals surface area contributed by atoms with E-state index in [-0.39, 0.29) is 0 Å². The first-order valence-corrected chi connectivity index (χ1v) is 4.55. The standard InChI is InChI=1S/C11H9N3/c1-7-11-9(6-12-14-7)8-4-2-3-5-10(8)13-11/h2-6,13H,1H3. The van der Waals surface area contributed by atoms with Crippen LogP contribution in [0.3, 0.4) is 0 Å². The average Bonchev–Trinajstić information content (AvgIpc) is 2.59. The molecule has 2 aromatic heterocycles. The van der Waals surface area contributed by atoms with Crippen molar-refractivity contribution in [2.75, 3.05) is 0 Å². The zero-order valence-electron chi connectivity index (χ0n) is 7.78. The Morgan fingerprint density at radius 3 is 2.93 bits per heavy atom. The van der Waals surface area contributed by atoms with Crippen LogP contribution in [-0.2, 0) is 0 Å². The topological polar surface area (TPSA) is 41.6 Å².